The first kappa shape index (κ1) is 20.9. The van der Waals surface area contributed by atoms with Crippen LogP contribution in [0.2, 0.25) is 0 Å². The van der Waals surface area contributed by atoms with E-state index in [1.54, 1.807) is 24.1 Å². The summed E-state index contributed by atoms with van der Waals surface area (Å²) in [6.45, 7) is 4.22. The molecule has 0 radical (unpaired) electrons. The molecule has 148 valence electrons. The van der Waals surface area contributed by atoms with Crippen molar-refractivity contribution >= 4 is 17.8 Å². The van der Waals surface area contributed by atoms with Crippen LogP contribution in [0.15, 0.2) is 24.3 Å². The fourth-order valence-corrected chi connectivity index (χ4v) is 3.58. The number of nitrogens with zero attached hydrogens (tertiary/aromatic N) is 1. The molecule has 0 spiro atoms. The van der Waals surface area contributed by atoms with Crippen molar-refractivity contribution in [3.63, 3.8) is 0 Å². The molecule has 0 heterocycles. The van der Waals surface area contributed by atoms with Crippen molar-refractivity contribution in [2.45, 2.75) is 58.5 Å². The number of hydrogen-bond donors (Lipinski definition) is 2. The van der Waals surface area contributed by atoms with Gasteiger partial charge in [0.25, 0.3) is 5.91 Å². The second kappa shape index (κ2) is 9.53. The lowest BCUT2D eigenvalue weighted by Crippen LogP contribution is -2.42. The largest absolute Gasteiger partial charge is 0.481 e. The van der Waals surface area contributed by atoms with Gasteiger partial charge in [0.2, 0.25) is 5.91 Å². The summed E-state index contributed by atoms with van der Waals surface area (Å²) >= 11 is 0. The minimum atomic E-state index is -0.838. The summed E-state index contributed by atoms with van der Waals surface area (Å²) in [6, 6.07) is 6.80. The average Bonchev–Trinajstić information content (AvgIpc) is 2.87. The van der Waals surface area contributed by atoms with Crippen molar-refractivity contribution in [3.8, 4) is 0 Å². The quantitative estimate of drug-likeness (QED) is 0.749. The molecular formula is C21H30N2O4. The number of amides is 2. The van der Waals surface area contributed by atoms with Crippen LogP contribution in [-0.2, 0) is 16.1 Å². The van der Waals surface area contributed by atoms with Crippen LogP contribution >= 0.6 is 0 Å². The Bertz CT molecular complexity index is 669. The zero-order valence-electron chi connectivity index (χ0n) is 16.4. The maximum Gasteiger partial charge on any atom is 0.308 e. The van der Waals surface area contributed by atoms with E-state index in [9.17, 15) is 19.5 Å². The summed E-state index contributed by atoms with van der Waals surface area (Å²) in [6.07, 6.45) is 4.14. The minimum absolute atomic E-state index is 0.0539. The Morgan fingerprint density at radius 2 is 1.74 bits per heavy atom. The number of carbonyl (C=O) groups excluding carboxylic acids is 2. The Labute approximate surface area is 160 Å². The van der Waals surface area contributed by atoms with Crippen molar-refractivity contribution in [2.75, 3.05) is 7.05 Å². The standard InChI is InChI=1S/C21H30N2O4/c1-14(2)20(25)23(3)13-15-9-11-16(12-10-15)19(24)22-18-8-6-4-5-7-17(18)21(26)27/h9-12,14,17-18H,4-8,13H2,1-3H3,(H,22,24)(H,26,27)/t17-,18+/m1/s1. The third-order valence-corrected chi connectivity index (χ3v) is 5.16. The van der Waals surface area contributed by atoms with E-state index >= 15 is 0 Å². The highest BCUT2D eigenvalue weighted by atomic mass is 16.4. The van der Waals surface area contributed by atoms with Crippen molar-refractivity contribution in [1.82, 2.24) is 10.2 Å². The summed E-state index contributed by atoms with van der Waals surface area (Å²) in [4.78, 5) is 37.7. The number of rotatable bonds is 6. The highest BCUT2D eigenvalue weighted by Crippen LogP contribution is 2.24. The number of carbonyl (C=O) groups is 3. The Morgan fingerprint density at radius 3 is 2.33 bits per heavy atom. The van der Waals surface area contributed by atoms with Crippen LogP contribution in [0.4, 0.5) is 0 Å². The van der Waals surface area contributed by atoms with Gasteiger partial charge in [-0.25, -0.2) is 0 Å². The smallest absolute Gasteiger partial charge is 0.308 e. The Balaban J connectivity index is 2.00. The van der Waals surface area contributed by atoms with E-state index < -0.39 is 11.9 Å². The van der Waals surface area contributed by atoms with Gasteiger partial charge in [0.15, 0.2) is 0 Å². The predicted octanol–water partition coefficient (Wildman–Crippen LogP) is 3.06. The first-order valence-electron chi connectivity index (χ1n) is 9.67. The summed E-state index contributed by atoms with van der Waals surface area (Å²) in [5.74, 6) is -1.58. The summed E-state index contributed by atoms with van der Waals surface area (Å²) in [5, 5.41) is 12.4. The molecule has 2 rings (SSSR count). The molecule has 1 aliphatic rings. The minimum Gasteiger partial charge on any atom is -0.481 e. The zero-order chi connectivity index (χ0) is 20.0. The second-order valence-corrected chi connectivity index (χ2v) is 7.71. The maximum atomic E-state index is 12.6. The van der Waals surface area contributed by atoms with E-state index in [2.05, 4.69) is 5.32 Å². The SMILES string of the molecule is CC(C)C(=O)N(C)Cc1ccc(C(=O)N[C@H]2CCCCC[C@H]2C(=O)O)cc1. The lowest BCUT2D eigenvalue weighted by Gasteiger charge is -2.23. The number of hydrogen-bond acceptors (Lipinski definition) is 3. The summed E-state index contributed by atoms with van der Waals surface area (Å²) in [7, 11) is 1.76. The van der Waals surface area contributed by atoms with Gasteiger partial charge in [-0.3, -0.25) is 14.4 Å². The van der Waals surface area contributed by atoms with Gasteiger partial charge in [0.05, 0.1) is 5.92 Å². The van der Waals surface area contributed by atoms with Gasteiger partial charge in [-0.1, -0.05) is 45.2 Å². The van der Waals surface area contributed by atoms with Crippen LogP contribution in [-0.4, -0.2) is 40.9 Å². The molecule has 0 aliphatic heterocycles. The summed E-state index contributed by atoms with van der Waals surface area (Å²) in [5.41, 5.74) is 1.45. The number of carboxylic acid groups (broad SMARTS) is 1. The number of benzene rings is 1. The summed E-state index contributed by atoms with van der Waals surface area (Å²) < 4.78 is 0. The molecule has 6 nitrogen and oxygen atoms in total. The van der Waals surface area contributed by atoms with E-state index in [1.165, 1.54) is 0 Å². The molecular weight excluding hydrogens is 344 g/mol. The van der Waals surface area contributed by atoms with Gasteiger partial charge >= 0.3 is 5.97 Å². The molecule has 1 aromatic carbocycles. The first-order valence-corrected chi connectivity index (χ1v) is 9.67. The van der Waals surface area contributed by atoms with Gasteiger partial charge in [-0.2, -0.15) is 0 Å². The van der Waals surface area contributed by atoms with Crippen LogP contribution in [0.5, 0.6) is 0 Å². The van der Waals surface area contributed by atoms with E-state index in [1.807, 2.05) is 26.0 Å². The molecule has 0 saturated heterocycles. The van der Waals surface area contributed by atoms with Gasteiger partial charge in [0.1, 0.15) is 0 Å². The van der Waals surface area contributed by atoms with Crippen LogP contribution in [0.3, 0.4) is 0 Å². The highest BCUT2D eigenvalue weighted by Gasteiger charge is 2.30. The molecule has 0 unspecified atom stereocenters. The normalized spacial score (nSPS) is 20.0. The molecule has 1 saturated carbocycles. The Hall–Kier alpha value is -2.37. The van der Waals surface area contributed by atoms with Crippen LogP contribution in [0.1, 0.15) is 61.9 Å². The number of nitrogens with one attached hydrogen (secondary N) is 1. The van der Waals surface area contributed by atoms with Crippen LogP contribution in [0.25, 0.3) is 0 Å². The maximum absolute atomic E-state index is 12.6. The second-order valence-electron chi connectivity index (χ2n) is 7.71. The third-order valence-electron chi connectivity index (χ3n) is 5.16. The average molecular weight is 374 g/mol. The lowest BCUT2D eigenvalue weighted by atomic mass is 9.94. The number of aliphatic carboxylic acids is 1. The molecule has 6 heteroatoms. The van der Waals surface area contributed by atoms with E-state index in [4.69, 9.17) is 0 Å². The molecule has 2 N–H and O–H groups in total. The van der Waals surface area contributed by atoms with Crippen LogP contribution < -0.4 is 5.32 Å². The number of carboxylic acids is 1. The van der Waals surface area contributed by atoms with Gasteiger partial charge in [-0.05, 0) is 30.5 Å². The lowest BCUT2D eigenvalue weighted by molar-refractivity contribution is -0.142. The molecule has 0 bridgehead atoms. The van der Waals surface area contributed by atoms with Gasteiger partial charge in [-0.15, -0.1) is 0 Å². The van der Waals surface area contributed by atoms with Crippen molar-refractivity contribution < 1.29 is 19.5 Å². The van der Waals surface area contributed by atoms with Gasteiger partial charge < -0.3 is 15.3 Å². The Kier molecular flexibility index (Phi) is 7.39. The third kappa shape index (κ3) is 5.81. The molecule has 1 aromatic rings. The van der Waals surface area contributed by atoms with Gasteiger partial charge in [0, 0.05) is 31.1 Å². The molecule has 0 aromatic heterocycles. The predicted molar refractivity (Wildman–Crippen MR) is 103 cm³/mol. The monoisotopic (exact) mass is 374 g/mol. The van der Waals surface area contributed by atoms with E-state index in [0.717, 1.165) is 24.8 Å². The van der Waals surface area contributed by atoms with Crippen molar-refractivity contribution in [2.24, 2.45) is 11.8 Å². The van der Waals surface area contributed by atoms with Crippen molar-refractivity contribution in [1.29, 1.82) is 0 Å². The topological polar surface area (TPSA) is 86.7 Å². The first-order chi connectivity index (χ1) is 12.8. The molecule has 27 heavy (non-hydrogen) atoms. The highest BCUT2D eigenvalue weighted by molar-refractivity contribution is 5.94. The molecule has 2 atom stereocenters. The van der Waals surface area contributed by atoms with E-state index in [-0.39, 0.29) is 23.8 Å². The molecule has 1 fully saturated rings. The van der Waals surface area contributed by atoms with Crippen LogP contribution in [0, 0.1) is 11.8 Å². The zero-order valence-corrected chi connectivity index (χ0v) is 16.4. The van der Waals surface area contributed by atoms with Crippen molar-refractivity contribution in [3.05, 3.63) is 35.4 Å². The Morgan fingerprint density at radius 1 is 1.11 bits per heavy atom. The fourth-order valence-electron chi connectivity index (χ4n) is 3.58. The molecule has 2 amide bonds. The van der Waals surface area contributed by atoms with E-state index in [0.29, 0.717) is 24.9 Å². The fraction of sp³-hybridized carbons (Fsp3) is 0.571. The molecule has 1 aliphatic carbocycles.